The minimum atomic E-state index is -3.71. The minimum absolute atomic E-state index is 0.106. The molecule has 4 rings (SSSR count). The number of nitrogens with zero attached hydrogens (tertiary/aromatic N) is 1. The van der Waals surface area contributed by atoms with Crippen LogP contribution in [0, 0.1) is 0 Å². The number of morpholine rings is 1. The van der Waals surface area contributed by atoms with Gasteiger partial charge in [0.1, 0.15) is 6.04 Å². The number of thioether (sulfide) groups is 1. The van der Waals surface area contributed by atoms with E-state index in [1.807, 2.05) is 36.6 Å². The molecule has 198 valence electrons. The number of rotatable bonds is 10. The van der Waals surface area contributed by atoms with Crippen molar-refractivity contribution >= 4 is 66.6 Å². The molecule has 2 N–H and O–H groups in total. The molecule has 3 aromatic rings. The topological polar surface area (TPSA) is 105 Å². The van der Waals surface area contributed by atoms with Crippen molar-refractivity contribution in [3.05, 3.63) is 64.5 Å². The van der Waals surface area contributed by atoms with Gasteiger partial charge in [0.2, 0.25) is 15.9 Å². The van der Waals surface area contributed by atoms with Crippen molar-refractivity contribution in [2.45, 2.75) is 23.5 Å². The van der Waals surface area contributed by atoms with Crippen LogP contribution in [0.2, 0.25) is 5.02 Å². The largest absolute Gasteiger partial charge is 0.374 e. The zero-order valence-corrected chi connectivity index (χ0v) is 23.4. The van der Waals surface area contributed by atoms with E-state index in [0.717, 1.165) is 10.1 Å². The van der Waals surface area contributed by atoms with E-state index < -0.39 is 22.2 Å². The predicted octanol–water partition coefficient (Wildman–Crippen LogP) is 3.61. The Morgan fingerprint density at radius 3 is 2.70 bits per heavy atom. The summed E-state index contributed by atoms with van der Waals surface area (Å²) in [5.41, 5.74) is 0. The summed E-state index contributed by atoms with van der Waals surface area (Å²) in [7, 11) is -3.71. The van der Waals surface area contributed by atoms with Crippen molar-refractivity contribution in [3.63, 3.8) is 0 Å². The molecule has 2 aromatic carbocycles. The Kier molecular flexibility index (Phi) is 9.49. The number of carbonyl (C=O) groups is 2. The molecule has 2 amide bonds. The third-order valence-electron chi connectivity index (χ3n) is 5.94. The van der Waals surface area contributed by atoms with E-state index in [4.69, 9.17) is 16.3 Å². The molecule has 0 bridgehead atoms. The molecule has 0 aliphatic carbocycles. The molecule has 0 spiro atoms. The first-order valence-corrected chi connectivity index (χ1v) is 15.7. The van der Waals surface area contributed by atoms with Gasteiger partial charge in [-0.2, -0.15) is 16.1 Å². The Bertz CT molecular complexity index is 1310. The molecule has 0 saturated carbocycles. The van der Waals surface area contributed by atoms with Crippen molar-refractivity contribution in [1.82, 2.24) is 14.9 Å². The highest BCUT2D eigenvalue weighted by Gasteiger charge is 2.31. The van der Waals surface area contributed by atoms with Crippen LogP contribution in [0.4, 0.5) is 0 Å². The van der Waals surface area contributed by atoms with Gasteiger partial charge in [-0.05, 0) is 60.2 Å². The number of amides is 2. The second-order valence-corrected chi connectivity index (χ2v) is 13.0. The van der Waals surface area contributed by atoms with Crippen LogP contribution >= 0.6 is 34.7 Å². The normalized spacial score (nSPS) is 17.4. The first kappa shape index (κ1) is 27.9. The van der Waals surface area contributed by atoms with Gasteiger partial charge in [-0.15, -0.1) is 11.3 Å². The van der Waals surface area contributed by atoms with Crippen molar-refractivity contribution in [2.75, 3.05) is 38.2 Å². The summed E-state index contributed by atoms with van der Waals surface area (Å²) in [6, 6.07) is 14.9. The van der Waals surface area contributed by atoms with Gasteiger partial charge in [-0.25, -0.2) is 8.42 Å². The molecule has 2 atom stereocenters. The summed E-state index contributed by atoms with van der Waals surface area (Å²) in [5.74, 6) is 0.0686. The lowest BCUT2D eigenvalue weighted by Crippen LogP contribution is -2.52. The third kappa shape index (κ3) is 7.04. The van der Waals surface area contributed by atoms with Crippen LogP contribution in [0.25, 0.3) is 10.1 Å². The van der Waals surface area contributed by atoms with E-state index in [1.54, 1.807) is 11.8 Å². The maximum atomic E-state index is 13.0. The Morgan fingerprint density at radius 1 is 1.22 bits per heavy atom. The summed E-state index contributed by atoms with van der Waals surface area (Å²) in [6.07, 6.45) is 1.89. The molecule has 8 nitrogen and oxygen atoms in total. The first-order valence-electron chi connectivity index (χ1n) is 11.7. The monoisotopic (exact) mass is 581 g/mol. The van der Waals surface area contributed by atoms with Crippen molar-refractivity contribution in [3.8, 4) is 0 Å². The van der Waals surface area contributed by atoms with Gasteiger partial charge in [0.25, 0.3) is 5.91 Å². The Balaban J connectivity index is 1.36. The fraction of sp³-hybridized carbons (Fsp3) is 0.360. The highest BCUT2D eigenvalue weighted by atomic mass is 35.5. The number of nitrogens with one attached hydrogen (secondary N) is 2. The number of fused-ring (bicyclic) bond motifs is 1. The molecule has 37 heavy (non-hydrogen) atoms. The second kappa shape index (κ2) is 12.6. The summed E-state index contributed by atoms with van der Waals surface area (Å²) in [4.78, 5) is 26.6. The number of sulfonamides is 1. The first-order chi connectivity index (χ1) is 17.8. The van der Waals surface area contributed by atoms with E-state index in [9.17, 15) is 18.0 Å². The van der Waals surface area contributed by atoms with Crippen LogP contribution in [0.3, 0.4) is 0 Å². The summed E-state index contributed by atoms with van der Waals surface area (Å²) in [6.45, 7) is 0.664. The van der Waals surface area contributed by atoms with Gasteiger partial charge in [0, 0.05) is 29.4 Å². The average molecular weight is 582 g/mol. The van der Waals surface area contributed by atoms with Crippen LogP contribution in [0.15, 0.2) is 59.5 Å². The fourth-order valence-corrected chi connectivity index (χ4v) is 6.97. The Labute approximate surface area is 229 Å². The smallest absolute Gasteiger partial charge is 0.262 e. The molecule has 12 heteroatoms. The number of halogens is 1. The molecule has 1 aliphatic heterocycles. The van der Waals surface area contributed by atoms with E-state index in [-0.39, 0.29) is 43.0 Å². The summed E-state index contributed by atoms with van der Waals surface area (Å²) >= 11 is 8.86. The van der Waals surface area contributed by atoms with Crippen LogP contribution in [0.5, 0.6) is 0 Å². The highest BCUT2D eigenvalue weighted by Crippen LogP contribution is 2.25. The molecular formula is C25H28ClN3O5S3. The minimum Gasteiger partial charge on any atom is -0.374 e. The third-order valence-corrected chi connectivity index (χ3v) is 9.83. The van der Waals surface area contributed by atoms with E-state index >= 15 is 0 Å². The molecule has 1 aromatic heterocycles. The Hall–Kier alpha value is -2.15. The number of carbonyl (C=O) groups excluding carboxylic acids is 2. The van der Waals surface area contributed by atoms with Gasteiger partial charge >= 0.3 is 0 Å². The quantitative estimate of drug-likeness (QED) is 0.379. The van der Waals surface area contributed by atoms with Crippen molar-refractivity contribution < 1.29 is 22.7 Å². The van der Waals surface area contributed by atoms with Crippen LogP contribution < -0.4 is 10.6 Å². The Morgan fingerprint density at radius 2 is 1.97 bits per heavy atom. The zero-order chi connectivity index (χ0) is 26.4. The summed E-state index contributed by atoms with van der Waals surface area (Å²) < 4.78 is 34.1. The maximum Gasteiger partial charge on any atom is 0.262 e. The second-order valence-electron chi connectivity index (χ2n) is 8.51. The van der Waals surface area contributed by atoms with Gasteiger partial charge in [0.15, 0.2) is 0 Å². The molecule has 1 fully saturated rings. The lowest BCUT2D eigenvalue weighted by atomic mass is 10.2. The van der Waals surface area contributed by atoms with E-state index in [1.165, 1.54) is 39.9 Å². The lowest BCUT2D eigenvalue weighted by molar-refractivity contribution is -0.124. The van der Waals surface area contributed by atoms with Gasteiger partial charge < -0.3 is 15.4 Å². The van der Waals surface area contributed by atoms with Gasteiger partial charge in [-0.1, -0.05) is 29.8 Å². The van der Waals surface area contributed by atoms with Crippen LogP contribution in [-0.2, 0) is 19.6 Å². The van der Waals surface area contributed by atoms with Crippen molar-refractivity contribution in [2.24, 2.45) is 0 Å². The zero-order valence-electron chi connectivity index (χ0n) is 20.2. The van der Waals surface area contributed by atoms with Crippen LogP contribution in [0.1, 0.15) is 16.1 Å². The number of hydrogen-bond acceptors (Lipinski definition) is 7. The number of benzene rings is 2. The highest BCUT2D eigenvalue weighted by molar-refractivity contribution is 7.98. The molecule has 2 heterocycles. The molecule has 1 unspecified atom stereocenters. The molecule has 0 radical (unpaired) electrons. The van der Waals surface area contributed by atoms with E-state index in [2.05, 4.69) is 10.6 Å². The predicted molar refractivity (Wildman–Crippen MR) is 149 cm³/mol. The fourth-order valence-electron chi connectivity index (χ4n) is 3.96. The van der Waals surface area contributed by atoms with Crippen molar-refractivity contribution in [1.29, 1.82) is 0 Å². The summed E-state index contributed by atoms with van der Waals surface area (Å²) in [5, 5.41) is 7.14. The van der Waals surface area contributed by atoms with Gasteiger partial charge in [0.05, 0.1) is 22.5 Å². The van der Waals surface area contributed by atoms with E-state index in [0.29, 0.717) is 22.1 Å². The van der Waals surface area contributed by atoms with Crippen LogP contribution in [-0.4, -0.2) is 74.9 Å². The number of ether oxygens (including phenoxy) is 1. The molecule has 1 saturated heterocycles. The molecular weight excluding hydrogens is 554 g/mol. The van der Waals surface area contributed by atoms with Gasteiger partial charge in [-0.3, -0.25) is 9.59 Å². The lowest BCUT2D eigenvalue weighted by Gasteiger charge is -2.32. The SMILES string of the molecule is CSCC[C@H](NC(=O)c1cc2ccccc2s1)C(=O)NCC1CN(S(=O)(=O)c2ccc(Cl)cc2)CCO1. The average Bonchev–Trinajstić information content (AvgIpc) is 3.34. The maximum absolute atomic E-state index is 13.0. The standard InChI is InChI=1S/C25H28ClN3O5S3/c1-35-13-10-21(28-25(31)23-14-17-4-2-3-5-22(17)36-23)24(30)27-15-19-16-29(11-12-34-19)37(32,33)20-8-6-18(26)7-9-20/h2-9,14,19,21H,10-13,15-16H2,1H3,(H,27,30)(H,28,31)/t19?,21-/m0/s1. The molecule has 1 aliphatic rings. The number of thiophene rings is 1. The number of hydrogen-bond donors (Lipinski definition) is 2.